The van der Waals surface area contributed by atoms with Gasteiger partial charge in [0.15, 0.2) is 0 Å². The van der Waals surface area contributed by atoms with Crippen molar-refractivity contribution < 1.29 is 14.3 Å². The van der Waals surface area contributed by atoms with E-state index in [1.165, 1.54) is 5.56 Å². The standard InChI is InChI=1S/C15H19NO3/c1-14(2,3)19-13(17)16-12-8-15(12)9-18-11-7-5-4-6-10(11)15/h4-7,12H,8-9H2,1-3H3,(H,16,17). The predicted molar refractivity (Wildman–Crippen MR) is 71.4 cm³/mol. The highest BCUT2D eigenvalue weighted by Gasteiger charge is 2.61. The molecular formula is C15H19NO3. The van der Waals surface area contributed by atoms with Crippen LogP contribution in [-0.4, -0.2) is 24.3 Å². The molecule has 1 aliphatic carbocycles. The maximum atomic E-state index is 11.8. The largest absolute Gasteiger partial charge is 0.492 e. The van der Waals surface area contributed by atoms with Crippen molar-refractivity contribution in [3.8, 4) is 5.75 Å². The van der Waals surface area contributed by atoms with Crippen LogP contribution in [0.4, 0.5) is 4.79 Å². The van der Waals surface area contributed by atoms with Crippen molar-refractivity contribution in [2.24, 2.45) is 0 Å². The average Bonchev–Trinajstić information content (AvgIpc) is 2.84. The Labute approximate surface area is 113 Å². The van der Waals surface area contributed by atoms with E-state index in [1.807, 2.05) is 39.0 Å². The minimum absolute atomic E-state index is 0.0342. The van der Waals surface area contributed by atoms with Crippen LogP contribution in [0.5, 0.6) is 5.75 Å². The molecule has 0 saturated heterocycles. The first-order valence-electron chi connectivity index (χ1n) is 6.63. The second-order valence-corrected chi connectivity index (χ2v) is 6.34. The number of ether oxygens (including phenoxy) is 2. The average molecular weight is 261 g/mol. The summed E-state index contributed by atoms with van der Waals surface area (Å²) in [4.78, 5) is 11.8. The Kier molecular flexibility index (Phi) is 2.52. The van der Waals surface area contributed by atoms with Crippen molar-refractivity contribution in [3.05, 3.63) is 29.8 Å². The molecule has 0 radical (unpaired) electrons. The van der Waals surface area contributed by atoms with Gasteiger partial charge in [-0.05, 0) is 33.3 Å². The Morgan fingerprint density at radius 3 is 2.89 bits per heavy atom. The third kappa shape index (κ3) is 2.15. The summed E-state index contributed by atoms with van der Waals surface area (Å²) in [5.74, 6) is 0.941. The third-order valence-electron chi connectivity index (χ3n) is 3.67. The van der Waals surface area contributed by atoms with E-state index in [9.17, 15) is 4.79 Å². The SMILES string of the molecule is CC(C)(C)OC(=O)NC1CC12COc1ccccc12. The molecule has 1 fully saturated rings. The number of alkyl carbamates (subject to hydrolysis) is 1. The molecule has 2 atom stereocenters. The molecule has 2 unspecified atom stereocenters. The Bertz CT molecular complexity index is 520. The molecule has 1 saturated carbocycles. The maximum absolute atomic E-state index is 11.8. The number of para-hydroxylation sites is 1. The van der Waals surface area contributed by atoms with Crippen LogP contribution in [0.2, 0.25) is 0 Å². The van der Waals surface area contributed by atoms with E-state index < -0.39 is 5.60 Å². The topological polar surface area (TPSA) is 47.6 Å². The molecule has 4 nitrogen and oxygen atoms in total. The van der Waals surface area contributed by atoms with Gasteiger partial charge in [-0.25, -0.2) is 4.79 Å². The summed E-state index contributed by atoms with van der Waals surface area (Å²) in [7, 11) is 0. The molecule has 1 aromatic carbocycles. The van der Waals surface area contributed by atoms with Gasteiger partial charge in [-0.1, -0.05) is 18.2 Å². The Hall–Kier alpha value is -1.71. The summed E-state index contributed by atoms with van der Waals surface area (Å²) in [6.07, 6.45) is 0.572. The van der Waals surface area contributed by atoms with Crippen LogP contribution in [0, 0.1) is 0 Å². The van der Waals surface area contributed by atoms with Crippen molar-refractivity contribution in [1.82, 2.24) is 5.32 Å². The highest BCUT2D eigenvalue weighted by atomic mass is 16.6. The fraction of sp³-hybridized carbons (Fsp3) is 0.533. The van der Waals surface area contributed by atoms with Gasteiger partial charge < -0.3 is 14.8 Å². The highest BCUT2D eigenvalue weighted by Crippen LogP contribution is 2.55. The molecule has 1 N–H and O–H groups in total. The number of carbonyl (C=O) groups is 1. The first-order valence-corrected chi connectivity index (χ1v) is 6.63. The molecular weight excluding hydrogens is 242 g/mol. The second-order valence-electron chi connectivity index (χ2n) is 6.34. The van der Waals surface area contributed by atoms with Crippen LogP contribution in [0.25, 0.3) is 0 Å². The molecule has 1 aliphatic heterocycles. The quantitative estimate of drug-likeness (QED) is 0.845. The van der Waals surface area contributed by atoms with Gasteiger partial charge >= 0.3 is 6.09 Å². The molecule has 4 heteroatoms. The number of rotatable bonds is 1. The predicted octanol–water partition coefficient (Wildman–Crippen LogP) is 2.61. The Morgan fingerprint density at radius 1 is 1.42 bits per heavy atom. The van der Waals surface area contributed by atoms with Gasteiger partial charge in [0.1, 0.15) is 18.0 Å². The summed E-state index contributed by atoms with van der Waals surface area (Å²) in [5, 5.41) is 2.94. The van der Waals surface area contributed by atoms with Crippen molar-refractivity contribution in [3.63, 3.8) is 0 Å². The van der Waals surface area contributed by atoms with Crippen molar-refractivity contribution in [2.75, 3.05) is 6.61 Å². The first kappa shape index (κ1) is 12.3. The smallest absolute Gasteiger partial charge is 0.407 e. The number of hydrogen-bond acceptors (Lipinski definition) is 3. The minimum atomic E-state index is -0.462. The lowest BCUT2D eigenvalue weighted by Crippen LogP contribution is -2.36. The molecule has 1 aromatic rings. The van der Waals surface area contributed by atoms with Crippen LogP contribution in [-0.2, 0) is 10.2 Å². The number of carbonyl (C=O) groups excluding carboxylic acids is 1. The van der Waals surface area contributed by atoms with Crippen LogP contribution >= 0.6 is 0 Å². The molecule has 2 aliphatic rings. The fourth-order valence-corrected chi connectivity index (χ4v) is 2.69. The first-order chi connectivity index (χ1) is 8.91. The van der Waals surface area contributed by atoms with Gasteiger partial charge in [0.2, 0.25) is 0 Å². The molecule has 1 amide bonds. The van der Waals surface area contributed by atoms with E-state index in [0.717, 1.165) is 12.2 Å². The number of benzene rings is 1. The molecule has 102 valence electrons. The van der Waals surface area contributed by atoms with Gasteiger partial charge in [-0.15, -0.1) is 0 Å². The number of fused-ring (bicyclic) bond motifs is 2. The van der Waals surface area contributed by atoms with Crippen LogP contribution in [0.1, 0.15) is 32.8 Å². The van der Waals surface area contributed by atoms with E-state index in [-0.39, 0.29) is 17.6 Å². The highest BCUT2D eigenvalue weighted by molar-refractivity contribution is 5.70. The van der Waals surface area contributed by atoms with E-state index in [2.05, 4.69) is 11.4 Å². The maximum Gasteiger partial charge on any atom is 0.407 e. The zero-order valence-corrected chi connectivity index (χ0v) is 11.5. The lowest BCUT2D eigenvalue weighted by Gasteiger charge is -2.20. The normalized spacial score (nSPS) is 27.6. The van der Waals surface area contributed by atoms with Gasteiger partial charge in [0, 0.05) is 11.6 Å². The van der Waals surface area contributed by atoms with Crippen LogP contribution < -0.4 is 10.1 Å². The zero-order chi connectivity index (χ0) is 13.7. The number of amides is 1. The lowest BCUT2D eigenvalue weighted by molar-refractivity contribution is 0.0519. The van der Waals surface area contributed by atoms with E-state index >= 15 is 0 Å². The van der Waals surface area contributed by atoms with Crippen molar-refractivity contribution in [2.45, 2.75) is 44.2 Å². The summed E-state index contributed by atoms with van der Waals surface area (Å²) >= 11 is 0. The summed E-state index contributed by atoms with van der Waals surface area (Å²) < 4.78 is 11.0. The Morgan fingerprint density at radius 2 is 2.16 bits per heavy atom. The Balaban J connectivity index is 1.68. The molecule has 3 rings (SSSR count). The molecule has 1 spiro atoms. The minimum Gasteiger partial charge on any atom is -0.492 e. The molecule has 0 bridgehead atoms. The van der Waals surface area contributed by atoms with Gasteiger partial charge in [-0.3, -0.25) is 0 Å². The summed E-state index contributed by atoms with van der Waals surface area (Å²) in [5.41, 5.74) is 0.708. The monoisotopic (exact) mass is 261 g/mol. The van der Waals surface area contributed by atoms with Crippen LogP contribution in [0.15, 0.2) is 24.3 Å². The van der Waals surface area contributed by atoms with Crippen molar-refractivity contribution in [1.29, 1.82) is 0 Å². The van der Waals surface area contributed by atoms with E-state index in [4.69, 9.17) is 9.47 Å². The van der Waals surface area contributed by atoms with E-state index in [0.29, 0.717) is 6.61 Å². The molecule has 1 heterocycles. The van der Waals surface area contributed by atoms with Gasteiger partial charge in [-0.2, -0.15) is 0 Å². The van der Waals surface area contributed by atoms with Crippen molar-refractivity contribution >= 4 is 6.09 Å². The summed E-state index contributed by atoms with van der Waals surface area (Å²) in [6.45, 7) is 6.24. The van der Waals surface area contributed by atoms with Gasteiger partial charge in [0.25, 0.3) is 0 Å². The number of hydrogen-bond donors (Lipinski definition) is 1. The van der Waals surface area contributed by atoms with E-state index in [1.54, 1.807) is 0 Å². The second kappa shape index (κ2) is 3.89. The zero-order valence-electron chi connectivity index (χ0n) is 11.5. The molecule has 19 heavy (non-hydrogen) atoms. The van der Waals surface area contributed by atoms with Crippen LogP contribution in [0.3, 0.4) is 0 Å². The lowest BCUT2D eigenvalue weighted by atomic mass is 9.98. The summed E-state index contributed by atoms with van der Waals surface area (Å²) in [6, 6.07) is 8.16. The molecule has 0 aromatic heterocycles. The number of nitrogens with one attached hydrogen (secondary N) is 1. The van der Waals surface area contributed by atoms with Gasteiger partial charge in [0.05, 0.1) is 5.41 Å². The third-order valence-corrected chi connectivity index (χ3v) is 3.67. The fourth-order valence-electron chi connectivity index (χ4n) is 2.69.